The Balaban J connectivity index is 1.69. The Bertz CT molecular complexity index is 757. The van der Waals surface area contributed by atoms with Gasteiger partial charge in [0, 0.05) is 12.5 Å². The first kappa shape index (κ1) is 15.1. The van der Waals surface area contributed by atoms with Crippen molar-refractivity contribution in [1.82, 2.24) is 4.72 Å². The summed E-state index contributed by atoms with van der Waals surface area (Å²) >= 11 is 0. The summed E-state index contributed by atoms with van der Waals surface area (Å²) in [5.41, 5.74) is 2.32. The maximum atomic E-state index is 12.3. The first-order valence-corrected chi connectivity index (χ1v) is 8.85. The second kappa shape index (κ2) is 6.10. The number of ether oxygens (including phenoxy) is 1. The van der Waals surface area contributed by atoms with Crippen molar-refractivity contribution < 1.29 is 13.2 Å². The molecule has 4 nitrogen and oxygen atoms in total. The van der Waals surface area contributed by atoms with E-state index in [2.05, 4.69) is 10.8 Å². The fourth-order valence-electron chi connectivity index (χ4n) is 2.69. The number of hydrogen-bond acceptors (Lipinski definition) is 3. The van der Waals surface area contributed by atoms with E-state index in [4.69, 9.17) is 4.74 Å². The zero-order chi connectivity index (χ0) is 15.6. The monoisotopic (exact) mass is 317 g/mol. The van der Waals surface area contributed by atoms with Crippen molar-refractivity contribution >= 4 is 10.0 Å². The summed E-state index contributed by atoms with van der Waals surface area (Å²) in [5.74, 6) is 0.946. The summed E-state index contributed by atoms with van der Waals surface area (Å²) in [6.07, 6.45) is 1.58. The van der Waals surface area contributed by atoms with Crippen LogP contribution < -0.4 is 9.46 Å². The summed E-state index contributed by atoms with van der Waals surface area (Å²) in [6.45, 7) is 2.61. The molecule has 1 N–H and O–H groups in total. The average molecular weight is 317 g/mol. The Morgan fingerprint density at radius 1 is 1.18 bits per heavy atom. The smallest absolute Gasteiger partial charge is 0.240 e. The molecule has 0 fully saturated rings. The molecular formula is C17H19NO3S. The molecule has 0 aliphatic carbocycles. The number of benzene rings is 2. The lowest BCUT2D eigenvalue weighted by Gasteiger charge is -2.15. The Morgan fingerprint density at radius 2 is 1.95 bits per heavy atom. The molecule has 0 saturated heterocycles. The normalized spacial score (nSPS) is 15.1. The lowest BCUT2D eigenvalue weighted by atomic mass is 10.0. The summed E-state index contributed by atoms with van der Waals surface area (Å²) in [4.78, 5) is 0.296. The molecule has 0 radical (unpaired) electrons. The minimum absolute atomic E-state index is 0.175. The molecule has 0 amide bonds. The van der Waals surface area contributed by atoms with Crippen LogP contribution in [0.15, 0.2) is 53.4 Å². The van der Waals surface area contributed by atoms with Crippen molar-refractivity contribution in [3.63, 3.8) is 0 Å². The highest BCUT2D eigenvalue weighted by Gasteiger charge is 2.18. The average Bonchev–Trinajstić information content (AvgIpc) is 2.95. The first-order chi connectivity index (χ1) is 10.5. The Morgan fingerprint density at radius 3 is 2.73 bits per heavy atom. The molecule has 0 aromatic heterocycles. The predicted molar refractivity (Wildman–Crippen MR) is 85.6 cm³/mol. The summed E-state index contributed by atoms with van der Waals surface area (Å²) < 4.78 is 32.8. The van der Waals surface area contributed by atoms with Crippen molar-refractivity contribution in [1.29, 1.82) is 0 Å². The molecule has 2 aromatic rings. The molecule has 1 atom stereocenters. The number of hydrogen-bond donors (Lipinski definition) is 1. The van der Waals surface area contributed by atoms with Gasteiger partial charge in [-0.05, 0) is 42.7 Å². The van der Waals surface area contributed by atoms with Crippen LogP contribution in [0.1, 0.15) is 18.1 Å². The van der Waals surface area contributed by atoms with Gasteiger partial charge >= 0.3 is 0 Å². The second-order valence-electron chi connectivity index (χ2n) is 5.58. The Labute approximate surface area is 131 Å². The minimum Gasteiger partial charge on any atom is -0.493 e. The predicted octanol–water partition coefficient (Wildman–Crippen LogP) is 2.53. The van der Waals surface area contributed by atoms with Crippen molar-refractivity contribution in [3.05, 3.63) is 59.7 Å². The summed E-state index contributed by atoms with van der Waals surface area (Å²) in [6, 6.07) is 14.3. The van der Waals surface area contributed by atoms with Crippen LogP contribution in [0.4, 0.5) is 0 Å². The number of fused-ring (bicyclic) bond motifs is 1. The van der Waals surface area contributed by atoms with Crippen LogP contribution in [-0.2, 0) is 22.9 Å². The van der Waals surface area contributed by atoms with Crippen LogP contribution in [-0.4, -0.2) is 21.1 Å². The standard InChI is InChI=1S/C17H19NO3S/c1-13(18-22(19,20)16-5-3-2-4-6-16)11-14-7-8-17-15(12-14)9-10-21-17/h2-8,12-13,18H,9-11H2,1H3. The van der Waals surface area contributed by atoms with Crippen molar-refractivity contribution in [2.45, 2.75) is 30.7 Å². The third kappa shape index (κ3) is 3.31. The van der Waals surface area contributed by atoms with Crippen molar-refractivity contribution in [2.75, 3.05) is 6.61 Å². The molecule has 2 aromatic carbocycles. The number of sulfonamides is 1. The van der Waals surface area contributed by atoms with E-state index in [0.717, 1.165) is 24.3 Å². The van der Waals surface area contributed by atoms with Gasteiger partial charge in [-0.15, -0.1) is 0 Å². The van der Waals surface area contributed by atoms with E-state index in [1.54, 1.807) is 30.3 Å². The lowest BCUT2D eigenvalue weighted by molar-refractivity contribution is 0.357. The maximum absolute atomic E-state index is 12.3. The fraction of sp³-hybridized carbons (Fsp3) is 0.294. The molecule has 22 heavy (non-hydrogen) atoms. The summed E-state index contributed by atoms with van der Waals surface area (Å²) in [5, 5.41) is 0. The van der Waals surface area contributed by atoms with E-state index in [1.807, 2.05) is 19.1 Å². The lowest BCUT2D eigenvalue weighted by Crippen LogP contribution is -2.34. The molecule has 1 aliphatic heterocycles. The van der Waals surface area contributed by atoms with Crippen LogP contribution in [0.2, 0.25) is 0 Å². The maximum Gasteiger partial charge on any atom is 0.240 e. The highest BCUT2D eigenvalue weighted by Crippen LogP contribution is 2.26. The van der Waals surface area contributed by atoms with E-state index in [9.17, 15) is 8.42 Å². The quantitative estimate of drug-likeness (QED) is 0.922. The van der Waals surface area contributed by atoms with E-state index in [-0.39, 0.29) is 6.04 Å². The molecule has 0 spiro atoms. The molecule has 5 heteroatoms. The molecular weight excluding hydrogens is 298 g/mol. The number of nitrogens with one attached hydrogen (secondary N) is 1. The van der Waals surface area contributed by atoms with Crippen LogP contribution in [0.5, 0.6) is 5.75 Å². The second-order valence-corrected chi connectivity index (χ2v) is 7.29. The third-order valence-electron chi connectivity index (χ3n) is 3.71. The van der Waals surface area contributed by atoms with Gasteiger partial charge in [-0.1, -0.05) is 30.3 Å². The highest BCUT2D eigenvalue weighted by atomic mass is 32.2. The van der Waals surface area contributed by atoms with E-state index in [0.29, 0.717) is 11.3 Å². The third-order valence-corrected chi connectivity index (χ3v) is 5.31. The molecule has 116 valence electrons. The van der Waals surface area contributed by atoms with E-state index in [1.165, 1.54) is 5.56 Å². The van der Waals surface area contributed by atoms with Crippen LogP contribution >= 0.6 is 0 Å². The van der Waals surface area contributed by atoms with Gasteiger partial charge < -0.3 is 4.74 Å². The SMILES string of the molecule is CC(Cc1ccc2c(c1)CCO2)NS(=O)(=O)c1ccccc1. The molecule has 3 rings (SSSR count). The van der Waals surface area contributed by atoms with Crippen LogP contribution in [0.3, 0.4) is 0 Å². The van der Waals surface area contributed by atoms with E-state index >= 15 is 0 Å². The van der Waals surface area contributed by atoms with Crippen LogP contribution in [0.25, 0.3) is 0 Å². The zero-order valence-corrected chi connectivity index (χ0v) is 13.3. The van der Waals surface area contributed by atoms with Gasteiger partial charge in [-0.3, -0.25) is 0 Å². The van der Waals surface area contributed by atoms with Gasteiger partial charge in [-0.25, -0.2) is 13.1 Å². The van der Waals surface area contributed by atoms with E-state index < -0.39 is 10.0 Å². The molecule has 0 bridgehead atoms. The van der Waals surface area contributed by atoms with Gasteiger partial charge in [0.1, 0.15) is 5.75 Å². The highest BCUT2D eigenvalue weighted by molar-refractivity contribution is 7.89. The zero-order valence-electron chi connectivity index (χ0n) is 12.5. The van der Waals surface area contributed by atoms with Gasteiger partial charge in [0.15, 0.2) is 0 Å². The van der Waals surface area contributed by atoms with Crippen molar-refractivity contribution in [3.8, 4) is 5.75 Å². The Hall–Kier alpha value is -1.85. The van der Waals surface area contributed by atoms with Gasteiger partial charge in [0.25, 0.3) is 0 Å². The van der Waals surface area contributed by atoms with Gasteiger partial charge in [0.2, 0.25) is 10.0 Å². The number of rotatable bonds is 5. The fourth-order valence-corrected chi connectivity index (χ4v) is 3.96. The Kier molecular flexibility index (Phi) is 4.18. The largest absolute Gasteiger partial charge is 0.493 e. The first-order valence-electron chi connectivity index (χ1n) is 7.36. The molecule has 0 saturated carbocycles. The summed E-state index contributed by atoms with van der Waals surface area (Å²) in [7, 11) is -3.47. The van der Waals surface area contributed by atoms with Crippen LogP contribution in [0, 0.1) is 0 Å². The topological polar surface area (TPSA) is 55.4 Å². The van der Waals surface area contributed by atoms with Crippen molar-refractivity contribution in [2.24, 2.45) is 0 Å². The van der Waals surface area contributed by atoms with Gasteiger partial charge in [0.05, 0.1) is 11.5 Å². The molecule has 1 aliphatic rings. The molecule has 1 heterocycles. The molecule has 1 unspecified atom stereocenters. The minimum atomic E-state index is -3.47. The van der Waals surface area contributed by atoms with Gasteiger partial charge in [-0.2, -0.15) is 0 Å².